The monoisotopic (exact) mass is 343 g/mol. The Balaban J connectivity index is 1.82. The topological polar surface area (TPSA) is 73.6 Å². The van der Waals surface area contributed by atoms with Crippen LogP contribution < -0.4 is 10.6 Å². The van der Waals surface area contributed by atoms with E-state index in [1.165, 1.54) is 5.56 Å². The molecule has 5 heteroatoms. The third kappa shape index (κ3) is 4.17. The Labute approximate surface area is 153 Å². The summed E-state index contributed by atoms with van der Waals surface area (Å²) in [7, 11) is 0. The first-order valence-electron chi connectivity index (χ1n) is 8.54. The predicted octanol–water partition coefficient (Wildman–Crippen LogP) is 5.27. The van der Waals surface area contributed by atoms with Gasteiger partial charge in [-0.25, -0.2) is 4.98 Å². The highest BCUT2D eigenvalue weighted by molar-refractivity contribution is 5.64. The number of para-hydroxylation sites is 1. The van der Waals surface area contributed by atoms with Gasteiger partial charge in [-0.05, 0) is 42.7 Å². The molecule has 2 N–H and O–H groups in total. The third-order valence-electron chi connectivity index (χ3n) is 4.00. The van der Waals surface area contributed by atoms with Gasteiger partial charge in [0.1, 0.15) is 11.9 Å². The Kier molecular flexibility index (Phi) is 5.14. The van der Waals surface area contributed by atoms with Gasteiger partial charge in [-0.3, -0.25) is 0 Å². The summed E-state index contributed by atoms with van der Waals surface area (Å²) in [6.07, 6.45) is 0. The molecule has 3 rings (SSSR count). The van der Waals surface area contributed by atoms with Crippen LogP contribution in [0.4, 0.5) is 23.1 Å². The lowest BCUT2D eigenvalue weighted by Gasteiger charge is -2.12. The molecule has 0 aliphatic rings. The van der Waals surface area contributed by atoms with Crippen LogP contribution in [0.25, 0.3) is 0 Å². The lowest BCUT2D eigenvalue weighted by molar-refractivity contribution is 0.867. The molecular formula is C21H21N5. The van der Waals surface area contributed by atoms with Crippen LogP contribution in [0, 0.1) is 18.3 Å². The van der Waals surface area contributed by atoms with Gasteiger partial charge < -0.3 is 10.6 Å². The minimum absolute atomic E-state index is 0.453. The molecule has 0 fully saturated rings. The minimum Gasteiger partial charge on any atom is -0.340 e. The van der Waals surface area contributed by atoms with E-state index in [-0.39, 0.29) is 0 Å². The number of rotatable bonds is 5. The molecule has 2 aromatic carbocycles. The molecule has 0 spiro atoms. The van der Waals surface area contributed by atoms with Crippen molar-refractivity contribution >= 4 is 23.1 Å². The van der Waals surface area contributed by atoms with E-state index in [1.807, 2.05) is 43.3 Å². The van der Waals surface area contributed by atoms with E-state index in [9.17, 15) is 5.26 Å². The van der Waals surface area contributed by atoms with Gasteiger partial charge in [0, 0.05) is 17.4 Å². The van der Waals surface area contributed by atoms with Crippen molar-refractivity contribution in [3.8, 4) is 6.07 Å². The van der Waals surface area contributed by atoms with Crippen molar-refractivity contribution in [3.63, 3.8) is 0 Å². The summed E-state index contributed by atoms with van der Waals surface area (Å²) in [5.41, 5.74) is 4.34. The number of anilines is 4. The molecule has 1 aromatic heterocycles. The smallest absolute Gasteiger partial charge is 0.229 e. The highest BCUT2D eigenvalue weighted by Crippen LogP contribution is 2.22. The summed E-state index contributed by atoms with van der Waals surface area (Å²) < 4.78 is 0. The molecule has 0 aliphatic heterocycles. The normalized spacial score (nSPS) is 10.4. The first-order valence-corrected chi connectivity index (χ1v) is 8.54. The standard InChI is InChI=1S/C21H21N5/c1-14(2)16-8-10-18(11-9-16)24-20-12-15(3)23-21(26-20)25-19-7-5-4-6-17(19)13-22/h4-12,14H,1-3H3,(H2,23,24,25,26). The van der Waals surface area contributed by atoms with E-state index >= 15 is 0 Å². The molecule has 1 heterocycles. The van der Waals surface area contributed by atoms with E-state index in [0.717, 1.165) is 11.4 Å². The molecule has 0 radical (unpaired) electrons. The lowest BCUT2D eigenvalue weighted by Crippen LogP contribution is -2.03. The van der Waals surface area contributed by atoms with Crippen LogP contribution in [0.5, 0.6) is 0 Å². The van der Waals surface area contributed by atoms with Crippen LogP contribution in [0.2, 0.25) is 0 Å². The van der Waals surface area contributed by atoms with Gasteiger partial charge in [0.25, 0.3) is 0 Å². The summed E-state index contributed by atoms with van der Waals surface area (Å²) in [4.78, 5) is 8.93. The van der Waals surface area contributed by atoms with Crippen molar-refractivity contribution in [2.75, 3.05) is 10.6 Å². The van der Waals surface area contributed by atoms with Crippen molar-refractivity contribution < 1.29 is 0 Å². The van der Waals surface area contributed by atoms with Gasteiger partial charge in [-0.2, -0.15) is 10.2 Å². The maximum Gasteiger partial charge on any atom is 0.229 e. The third-order valence-corrected chi connectivity index (χ3v) is 4.00. The number of nitriles is 1. The molecule has 0 saturated carbocycles. The van der Waals surface area contributed by atoms with Crippen molar-refractivity contribution in [1.82, 2.24) is 9.97 Å². The zero-order valence-corrected chi connectivity index (χ0v) is 15.1. The first kappa shape index (κ1) is 17.4. The zero-order chi connectivity index (χ0) is 18.5. The van der Waals surface area contributed by atoms with Gasteiger partial charge in [0.15, 0.2) is 0 Å². The number of aryl methyl sites for hydroxylation is 1. The molecule has 0 atom stereocenters. The molecule has 3 aromatic rings. The van der Waals surface area contributed by atoms with Gasteiger partial charge in [-0.15, -0.1) is 0 Å². The van der Waals surface area contributed by atoms with Crippen LogP contribution in [-0.2, 0) is 0 Å². The number of hydrogen-bond donors (Lipinski definition) is 2. The van der Waals surface area contributed by atoms with Gasteiger partial charge in [0.2, 0.25) is 5.95 Å². The van der Waals surface area contributed by atoms with E-state index in [0.29, 0.717) is 28.9 Å². The number of nitrogens with zero attached hydrogens (tertiary/aromatic N) is 3. The maximum atomic E-state index is 9.22. The summed E-state index contributed by atoms with van der Waals surface area (Å²) in [6.45, 7) is 6.26. The van der Waals surface area contributed by atoms with Crippen LogP contribution in [0.3, 0.4) is 0 Å². The Morgan fingerprint density at radius 1 is 0.962 bits per heavy atom. The van der Waals surface area contributed by atoms with E-state index in [2.05, 4.69) is 52.7 Å². The van der Waals surface area contributed by atoms with Crippen LogP contribution >= 0.6 is 0 Å². The van der Waals surface area contributed by atoms with Crippen molar-refractivity contribution in [2.45, 2.75) is 26.7 Å². The minimum atomic E-state index is 0.453. The largest absolute Gasteiger partial charge is 0.340 e. The highest BCUT2D eigenvalue weighted by Gasteiger charge is 2.07. The Bertz CT molecular complexity index is 939. The SMILES string of the molecule is Cc1cc(Nc2ccc(C(C)C)cc2)nc(Nc2ccccc2C#N)n1. The fraction of sp³-hybridized carbons (Fsp3) is 0.190. The van der Waals surface area contributed by atoms with Crippen LogP contribution in [0.1, 0.15) is 36.6 Å². The quantitative estimate of drug-likeness (QED) is 0.660. The summed E-state index contributed by atoms with van der Waals surface area (Å²) in [5.74, 6) is 1.65. The highest BCUT2D eigenvalue weighted by atomic mass is 15.1. The number of nitrogens with one attached hydrogen (secondary N) is 2. The number of aromatic nitrogens is 2. The second-order valence-electron chi connectivity index (χ2n) is 6.40. The van der Waals surface area contributed by atoms with Gasteiger partial charge in [-0.1, -0.05) is 38.1 Å². The molecule has 130 valence electrons. The van der Waals surface area contributed by atoms with E-state index < -0.39 is 0 Å². The molecular weight excluding hydrogens is 322 g/mol. The van der Waals surface area contributed by atoms with Crippen LogP contribution in [-0.4, -0.2) is 9.97 Å². The van der Waals surface area contributed by atoms with Crippen molar-refractivity contribution in [3.05, 3.63) is 71.4 Å². The average molecular weight is 343 g/mol. The zero-order valence-electron chi connectivity index (χ0n) is 15.1. The van der Waals surface area contributed by atoms with Gasteiger partial charge in [0.05, 0.1) is 11.3 Å². The molecule has 26 heavy (non-hydrogen) atoms. The fourth-order valence-electron chi connectivity index (χ4n) is 2.60. The van der Waals surface area contributed by atoms with Crippen LogP contribution in [0.15, 0.2) is 54.6 Å². The Morgan fingerprint density at radius 2 is 1.69 bits per heavy atom. The molecule has 0 amide bonds. The molecule has 5 nitrogen and oxygen atoms in total. The Morgan fingerprint density at radius 3 is 2.38 bits per heavy atom. The molecule has 0 bridgehead atoms. The fourth-order valence-corrected chi connectivity index (χ4v) is 2.60. The maximum absolute atomic E-state index is 9.22. The van der Waals surface area contributed by atoms with Crippen molar-refractivity contribution in [1.29, 1.82) is 5.26 Å². The molecule has 0 unspecified atom stereocenters. The number of benzene rings is 2. The van der Waals surface area contributed by atoms with E-state index in [4.69, 9.17) is 0 Å². The van der Waals surface area contributed by atoms with Gasteiger partial charge >= 0.3 is 0 Å². The predicted molar refractivity (Wildman–Crippen MR) is 105 cm³/mol. The summed E-state index contributed by atoms with van der Waals surface area (Å²) in [6, 6.07) is 19.7. The second kappa shape index (κ2) is 7.66. The van der Waals surface area contributed by atoms with E-state index in [1.54, 1.807) is 6.07 Å². The first-order chi connectivity index (χ1) is 12.5. The molecule has 0 aliphatic carbocycles. The summed E-state index contributed by atoms with van der Waals surface area (Å²) in [5, 5.41) is 15.7. The summed E-state index contributed by atoms with van der Waals surface area (Å²) >= 11 is 0. The average Bonchev–Trinajstić information content (AvgIpc) is 2.62. The second-order valence-corrected chi connectivity index (χ2v) is 6.40. The van der Waals surface area contributed by atoms with Crippen molar-refractivity contribution in [2.24, 2.45) is 0 Å². The molecule has 0 saturated heterocycles. The number of hydrogen-bond acceptors (Lipinski definition) is 5. The lowest BCUT2D eigenvalue weighted by atomic mass is 10.0. The Hall–Kier alpha value is -3.39.